The molecule has 31 heavy (non-hydrogen) atoms. The molecule has 1 N–H and O–H groups in total. The number of nitro benzene ring substituents is 1. The molecule has 0 fully saturated rings. The van der Waals surface area contributed by atoms with E-state index < -0.39 is 16.9 Å². The first-order chi connectivity index (χ1) is 15.0. The fourth-order valence-corrected chi connectivity index (χ4v) is 2.59. The molecule has 0 heterocycles. The Bertz CT molecular complexity index is 1050. The highest BCUT2D eigenvalue weighted by atomic mass is 16.6. The monoisotopic (exact) mass is 419 g/mol. The lowest BCUT2D eigenvalue weighted by molar-refractivity contribution is -0.384. The van der Waals surface area contributed by atoms with Crippen LogP contribution in [0.1, 0.15) is 18.1 Å². The standard InChI is InChI=1S/C23H21N3O5/c1-17(23(27)25-24-15-19-8-5-9-20(14-19)26(28)29)31-22-12-10-21(11-13-22)30-16-18-6-3-2-4-7-18/h2-15,17H,16H2,1H3,(H,25,27)/b24-15+/t17-/m0/s1. The van der Waals surface area contributed by atoms with E-state index in [0.29, 0.717) is 23.7 Å². The molecule has 1 amide bonds. The van der Waals surface area contributed by atoms with Crippen molar-refractivity contribution < 1.29 is 19.2 Å². The topological polar surface area (TPSA) is 103 Å². The number of nitrogens with one attached hydrogen (secondary N) is 1. The Morgan fingerprint density at radius 1 is 1.06 bits per heavy atom. The van der Waals surface area contributed by atoms with Gasteiger partial charge in [0.2, 0.25) is 0 Å². The highest BCUT2D eigenvalue weighted by Crippen LogP contribution is 2.19. The number of rotatable bonds is 9. The van der Waals surface area contributed by atoms with Gasteiger partial charge in [-0.25, -0.2) is 5.43 Å². The zero-order valence-electron chi connectivity index (χ0n) is 16.8. The van der Waals surface area contributed by atoms with Gasteiger partial charge in [-0.3, -0.25) is 14.9 Å². The number of benzene rings is 3. The summed E-state index contributed by atoms with van der Waals surface area (Å²) in [6.45, 7) is 2.06. The Kier molecular flexibility index (Phi) is 7.31. The first-order valence-electron chi connectivity index (χ1n) is 9.52. The summed E-state index contributed by atoms with van der Waals surface area (Å²) in [5, 5.41) is 14.6. The van der Waals surface area contributed by atoms with Crippen molar-refractivity contribution in [3.63, 3.8) is 0 Å². The second-order valence-electron chi connectivity index (χ2n) is 6.59. The number of nitrogens with zero attached hydrogens (tertiary/aromatic N) is 2. The van der Waals surface area contributed by atoms with E-state index in [2.05, 4.69) is 10.5 Å². The van der Waals surface area contributed by atoms with Crippen LogP contribution in [0.15, 0.2) is 84.0 Å². The Labute approximate surface area is 179 Å². The van der Waals surface area contributed by atoms with E-state index in [4.69, 9.17) is 9.47 Å². The van der Waals surface area contributed by atoms with Crippen molar-refractivity contribution in [2.45, 2.75) is 19.6 Å². The molecule has 0 aliphatic heterocycles. The number of carbonyl (C=O) groups is 1. The third-order valence-corrected chi connectivity index (χ3v) is 4.22. The van der Waals surface area contributed by atoms with Crippen molar-refractivity contribution in [3.05, 3.63) is 100 Å². The predicted octanol–water partition coefficient (Wildman–Crippen LogP) is 4.09. The molecule has 0 saturated heterocycles. The van der Waals surface area contributed by atoms with Gasteiger partial charge >= 0.3 is 0 Å². The van der Waals surface area contributed by atoms with Gasteiger partial charge in [0.15, 0.2) is 6.10 Å². The molecular formula is C23H21N3O5. The van der Waals surface area contributed by atoms with Gasteiger partial charge in [0, 0.05) is 17.7 Å². The number of amides is 1. The van der Waals surface area contributed by atoms with Crippen LogP contribution in [-0.2, 0) is 11.4 Å². The number of carbonyl (C=O) groups excluding carboxylic acids is 1. The van der Waals surface area contributed by atoms with Gasteiger partial charge < -0.3 is 9.47 Å². The Morgan fingerprint density at radius 3 is 2.48 bits per heavy atom. The molecule has 0 aliphatic rings. The molecule has 158 valence electrons. The largest absolute Gasteiger partial charge is 0.489 e. The highest BCUT2D eigenvalue weighted by Gasteiger charge is 2.14. The summed E-state index contributed by atoms with van der Waals surface area (Å²) in [4.78, 5) is 22.4. The maximum atomic E-state index is 12.2. The maximum Gasteiger partial charge on any atom is 0.280 e. The Morgan fingerprint density at radius 2 is 1.77 bits per heavy atom. The summed E-state index contributed by atoms with van der Waals surface area (Å²) in [6, 6.07) is 22.7. The van der Waals surface area contributed by atoms with Crippen LogP contribution in [0.4, 0.5) is 5.69 Å². The van der Waals surface area contributed by atoms with Gasteiger partial charge in [-0.15, -0.1) is 0 Å². The van der Waals surface area contributed by atoms with Gasteiger partial charge in [-0.1, -0.05) is 42.5 Å². The SMILES string of the molecule is C[C@H](Oc1ccc(OCc2ccccc2)cc1)C(=O)N/N=C/c1cccc([N+](=O)[O-])c1. The summed E-state index contributed by atoms with van der Waals surface area (Å²) in [7, 11) is 0. The van der Waals surface area contributed by atoms with Gasteiger partial charge in [0.05, 0.1) is 11.1 Å². The van der Waals surface area contributed by atoms with Gasteiger partial charge in [-0.2, -0.15) is 5.10 Å². The molecule has 3 rings (SSSR count). The zero-order valence-corrected chi connectivity index (χ0v) is 16.8. The van der Waals surface area contributed by atoms with Crippen LogP contribution in [0.3, 0.4) is 0 Å². The number of ether oxygens (including phenoxy) is 2. The first kappa shape index (κ1) is 21.5. The molecule has 0 radical (unpaired) electrons. The summed E-state index contributed by atoms with van der Waals surface area (Å²) < 4.78 is 11.3. The molecule has 1 atom stereocenters. The van der Waals surface area contributed by atoms with Crippen LogP contribution in [-0.4, -0.2) is 23.1 Å². The van der Waals surface area contributed by atoms with Gasteiger partial charge in [-0.05, 0) is 36.8 Å². The van der Waals surface area contributed by atoms with E-state index in [1.54, 1.807) is 43.3 Å². The lowest BCUT2D eigenvalue weighted by Gasteiger charge is -2.13. The van der Waals surface area contributed by atoms with E-state index in [1.807, 2.05) is 30.3 Å². The third-order valence-electron chi connectivity index (χ3n) is 4.22. The Balaban J connectivity index is 1.47. The van der Waals surface area contributed by atoms with Gasteiger partial charge in [0.25, 0.3) is 11.6 Å². The normalized spacial score (nSPS) is 11.6. The van der Waals surface area contributed by atoms with Crippen LogP contribution in [0, 0.1) is 10.1 Å². The second-order valence-corrected chi connectivity index (χ2v) is 6.59. The van der Waals surface area contributed by atoms with Crippen molar-refractivity contribution in [2.75, 3.05) is 0 Å². The minimum atomic E-state index is -0.793. The maximum absolute atomic E-state index is 12.2. The first-order valence-corrected chi connectivity index (χ1v) is 9.52. The quantitative estimate of drug-likeness (QED) is 0.320. The zero-order chi connectivity index (χ0) is 22.1. The van der Waals surface area contributed by atoms with E-state index in [0.717, 1.165) is 5.56 Å². The molecule has 3 aromatic carbocycles. The fraction of sp³-hybridized carbons (Fsp3) is 0.130. The van der Waals surface area contributed by atoms with Crippen molar-refractivity contribution in [3.8, 4) is 11.5 Å². The average Bonchev–Trinajstić information content (AvgIpc) is 2.79. The molecular weight excluding hydrogens is 398 g/mol. The Hall–Kier alpha value is -4.20. The predicted molar refractivity (Wildman–Crippen MR) is 116 cm³/mol. The lowest BCUT2D eigenvalue weighted by Crippen LogP contribution is -2.33. The number of hydrogen-bond acceptors (Lipinski definition) is 6. The van der Waals surface area contributed by atoms with Crippen molar-refractivity contribution in [1.82, 2.24) is 5.43 Å². The van der Waals surface area contributed by atoms with Crippen molar-refractivity contribution in [1.29, 1.82) is 0 Å². The van der Waals surface area contributed by atoms with Crippen LogP contribution in [0.5, 0.6) is 11.5 Å². The van der Waals surface area contributed by atoms with Gasteiger partial charge in [0.1, 0.15) is 18.1 Å². The van der Waals surface area contributed by atoms with E-state index in [1.165, 1.54) is 18.3 Å². The summed E-state index contributed by atoms with van der Waals surface area (Å²) in [6.07, 6.45) is 0.537. The molecule has 8 nitrogen and oxygen atoms in total. The highest BCUT2D eigenvalue weighted by molar-refractivity contribution is 5.84. The number of non-ortho nitro benzene ring substituents is 1. The van der Waals surface area contributed by atoms with E-state index >= 15 is 0 Å². The van der Waals surface area contributed by atoms with Crippen molar-refractivity contribution in [2.24, 2.45) is 5.10 Å². The molecule has 0 saturated carbocycles. The number of hydrazone groups is 1. The minimum absolute atomic E-state index is 0.0526. The molecule has 8 heteroatoms. The summed E-state index contributed by atoms with van der Waals surface area (Å²) in [5.74, 6) is 0.748. The van der Waals surface area contributed by atoms with E-state index in [9.17, 15) is 14.9 Å². The number of hydrogen-bond donors (Lipinski definition) is 1. The van der Waals surface area contributed by atoms with Crippen LogP contribution >= 0.6 is 0 Å². The molecule has 0 aliphatic carbocycles. The molecule has 0 unspecified atom stereocenters. The molecule has 0 aromatic heterocycles. The second kappa shape index (κ2) is 10.5. The van der Waals surface area contributed by atoms with Crippen molar-refractivity contribution >= 4 is 17.8 Å². The third kappa shape index (κ3) is 6.67. The summed E-state index contributed by atoms with van der Waals surface area (Å²) >= 11 is 0. The van der Waals surface area contributed by atoms with Crippen LogP contribution in [0.2, 0.25) is 0 Å². The van der Waals surface area contributed by atoms with Crippen LogP contribution in [0.25, 0.3) is 0 Å². The molecule has 0 bridgehead atoms. The minimum Gasteiger partial charge on any atom is -0.489 e. The lowest BCUT2D eigenvalue weighted by atomic mass is 10.2. The van der Waals surface area contributed by atoms with Crippen LogP contribution < -0.4 is 14.9 Å². The number of nitro groups is 1. The fourth-order valence-electron chi connectivity index (χ4n) is 2.59. The summed E-state index contributed by atoms with van der Waals surface area (Å²) in [5.41, 5.74) is 3.87. The van der Waals surface area contributed by atoms with E-state index in [-0.39, 0.29) is 5.69 Å². The molecule has 0 spiro atoms. The molecule has 3 aromatic rings. The smallest absolute Gasteiger partial charge is 0.280 e. The average molecular weight is 419 g/mol.